The summed E-state index contributed by atoms with van der Waals surface area (Å²) >= 11 is 0. The minimum absolute atomic E-state index is 0.00417. The lowest BCUT2D eigenvalue weighted by molar-refractivity contribution is -0.137. The summed E-state index contributed by atoms with van der Waals surface area (Å²) < 4.78 is 0. The van der Waals surface area contributed by atoms with Gasteiger partial charge in [-0.05, 0) is 7.05 Å². The Bertz CT molecular complexity index is 205. The number of terminal acetylenes is 1. The highest BCUT2D eigenvalue weighted by atomic mass is 16.4. The average Bonchev–Trinajstić information content (AvgIpc) is 1.83. The quantitative estimate of drug-likeness (QED) is 0.506. The molecule has 0 saturated carbocycles. The summed E-state index contributed by atoms with van der Waals surface area (Å²) in [5, 5.41) is 15.4. The Morgan fingerprint density at radius 3 is 2.15 bits per heavy atom. The van der Waals surface area contributed by atoms with E-state index in [1.54, 1.807) is 11.9 Å². The Kier molecular flexibility index (Phi) is 8.89. The summed E-state index contributed by atoms with van der Waals surface area (Å²) in [5.74, 6) is 1.48. The molecule has 6 heteroatoms. The van der Waals surface area contributed by atoms with Gasteiger partial charge in [0.15, 0.2) is 0 Å². The number of nitrogens with two attached hydrogens (primary N) is 1. The minimum atomic E-state index is -1.33. The number of carbonyl (C=O) groups is 2. The molecule has 0 aliphatic heterocycles. The Labute approximate surface area is 75.9 Å². The van der Waals surface area contributed by atoms with E-state index in [1.165, 1.54) is 0 Å². The van der Waals surface area contributed by atoms with Gasteiger partial charge in [-0.2, -0.15) is 0 Å². The summed E-state index contributed by atoms with van der Waals surface area (Å²) in [5.41, 5.74) is 4.03. The van der Waals surface area contributed by atoms with E-state index in [0.29, 0.717) is 6.54 Å². The fourth-order valence-corrected chi connectivity index (χ4v) is 0.443. The van der Waals surface area contributed by atoms with Crippen LogP contribution in [0.15, 0.2) is 0 Å². The number of rotatable bonds is 3. The van der Waals surface area contributed by atoms with Crippen molar-refractivity contribution < 1.29 is 19.8 Å². The Morgan fingerprint density at radius 1 is 1.54 bits per heavy atom. The van der Waals surface area contributed by atoms with E-state index >= 15 is 0 Å². The third kappa shape index (κ3) is 25.3. The molecule has 0 heterocycles. The molecule has 0 radical (unpaired) electrons. The highest BCUT2D eigenvalue weighted by Gasteiger charge is 1.99. The maximum Gasteiger partial charge on any atom is 0.402 e. The molecule has 0 bridgehead atoms. The molecule has 0 aliphatic carbocycles. The molecule has 0 spiro atoms. The van der Waals surface area contributed by atoms with Crippen LogP contribution in [0.3, 0.4) is 0 Å². The number of carboxylic acids is 1. The molecule has 0 unspecified atom stereocenters. The van der Waals surface area contributed by atoms with E-state index in [-0.39, 0.29) is 6.54 Å². The Hall–Kier alpha value is -1.74. The average molecular weight is 188 g/mol. The van der Waals surface area contributed by atoms with Gasteiger partial charge in [0.1, 0.15) is 0 Å². The van der Waals surface area contributed by atoms with Crippen molar-refractivity contribution in [2.24, 2.45) is 5.73 Å². The molecule has 74 valence electrons. The van der Waals surface area contributed by atoms with Crippen molar-refractivity contribution in [3.63, 3.8) is 0 Å². The molecule has 0 saturated heterocycles. The van der Waals surface area contributed by atoms with Gasteiger partial charge in [-0.1, -0.05) is 5.92 Å². The predicted octanol–water partition coefficient (Wildman–Crippen LogP) is -0.741. The maximum absolute atomic E-state index is 9.97. The van der Waals surface area contributed by atoms with Crippen LogP contribution in [-0.4, -0.2) is 47.3 Å². The number of hydrogen-bond acceptors (Lipinski definition) is 3. The smallest absolute Gasteiger partial charge is 0.402 e. The first kappa shape index (κ1) is 13.8. The molecular formula is C7H12N2O4. The molecule has 13 heavy (non-hydrogen) atoms. The number of amides is 1. The molecule has 4 N–H and O–H groups in total. The van der Waals surface area contributed by atoms with Gasteiger partial charge in [-0.25, -0.2) is 4.79 Å². The van der Waals surface area contributed by atoms with E-state index in [2.05, 4.69) is 11.7 Å². The van der Waals surface area contributed by atoms with Crippen molar-refractivity contribution >= 4 is 12.1 Å². The van der Waals surface area contributed by atoms with Gasteiger partial charge in [0.2, 0.25) is 0 Å². The first-order valence-corrected chi connectivity index (χ1v) is 3.22. The third-order valence-electron chi connectivity index (χ3n) is 0.766. The van der Waals surface area contributed by atoms with Crippen molar-refractivity contribution in [3.05, 3.63) is 0 Å². The molecule has 6 nitrogen and oxygen atoms in total. The summed E-state index contributed by atoms with van der Waals surface area (Å²) in [6, 6.07) is 0. The number of primary amides is 1. The highest BCUT2D eigenvalue weighted by molar-refractivity contribution is 5.69. The molecule has 0 aromatic carbocycles. The zero-order valence-electron chi connectivity index (χ0n) is 7.23. The van der Waals surface area contributed by atoms with Crippen LogP contribution in [0, 0.1) is 12.3 Å². The van der Waals surface area contributed by atoms with Crippen LogP contribution in [0.25, 0.3) is 0 Å². The lowest BCUT2D eigenvalue weighted by atomic mass is 10.5. The van der Waals surface area contributed by atoms with E-state index in [1.807, 2.05) is 0 Å². The lowest BCUT2D eigenvalue weighted by Crippen LogP contribution is -2.25. The Morgan fingerprint density at radius 2 is 1.92 bits per heavy atom. The zero-order valence-corrected chi connectivity index (χ0v) is 7.23. The molecule has 0 aromatic heterocycles. The first-order chi connectivity index (χ1) is 5.90. The monoisotopic (exact) mass is 188 g/mol. The third-order valence-corrected chi connectivity index (χ3v) is 0.766. The second kappa shape index (κ2) is 8.36. The summed E-state index contributed by atoms with van der Waals surface area (Å²) in [6.07, 6.45) is 3.59. The van der Waals surface area contributed by atoms with Crippen LogP contribution in [0.4, 0.5) is 4.79 Å². The van der Waals surface area contributed by atoms with Gasteiger partial charge in [-0.15, -0.1) is 6.42 Å². The van der Waals surface area contributed by atoms with Gasteiger partial charge in [-0.3, -0.25) is 9.69 Å². The molecule has 0 atom stereocenters. The molecule has 0 aromatic rings. The number of nitrogens with zero attached hydrogens (tertiary/aromatic N) is 1. The Balaban J connectivity index is 0. The molecule has 0 fully saturated rings. The normalized spacial score (nSPS) is 8.08. The molecule has 0 aliphatic rings. The van der Waals surface area contributed by atoms with E-state index in [0.717, 1.165) is 0 Å². The van der Waals surface area contributed by atoms with Crippen LogP contribution in [0.2, 0.25) is 0 Å². The SMILES string of the molecule is C#CCN(C)CC(=O)O.NC(=O)O. The standard InChI is InChI=1S/C6H9NO2.CH3NO2/c1-3-4-7(2)5-6(8)9;2-1(3)4/h1H,4-5H2,2H3,(H,8,9);2H2,(H,3,4). The molecular weight excluding hydrogens is 176 g/mol. The molecule has 0 rings (SSSR count). The van der Waals surface area contributed by atoms with Gasteiger partial charge < -0.3 is 15.9 Å². The van der Waals surface area contributed by atoms with Crippen LogP contribution < -0.4 is 5.73 Å². The van der Waals surface area contributed by atoms with Crippen LogP contribution >= 0.6 is 0 Å². The van der Waals surface area contributed by atoms with Crippen LogP contribution in [-0.2, 0) is 4.79 Å². The fraction of sp³-hybridized carbons (Fsp3) is 0.429. The lowest BCUT2D eigenvalue weighted by Gasteiger charge is -2.07. The van der Waals surface area contributed by atoms with Gasteiger partial charge in [0.05, 0.1) is 13.1 Å². The first-order valence-electron chi connectivity index (χ1n) is 3.22. The summed E-state index contributed by atoms with van der Waals surface area (Å²) in [4.78, 5) is 20.3. The zero-order chi connectivity index (χ0) is 10.9. The predicted molar refractivity (Wildman–Crippen MR) is 46.2 cm³/mol. The largest absolute Gasteiger partial charge is 0.480 e. The minimum Gasteiger partial charge on any atom is -0.480 e. The van der Waals surface area contributed by atoms with E-state index in [9.17, 15) is 4.79 Å². The second-order valence-corrected chi connectivity index (χ2v) is 2.11. The van der Waals surface area contributed by atoms with Crippen molar-refractivity contribution in [2.45, 2.75) is 0 Å². The van der Waals surface area contributed by atoms with Crippen LogP contribution in [0.1, 0.15) is 0 Å². The fourth-order valence-electron chi connectivity index (χ4n) is 0.443. The highest BCUT2D eigenvalue weighted by Crippen LogP contribution is 1.77. The number of likely N-dealkylation sites (N-methyl/N-ethyl adjacent to an activating group) is 1. The van der Waals surface area contributed by atoms with Gasteiger partial charge >= 0.3 is 12.1 Å². The van der Waals surface area contributed by atoms with E-state index in [4.69, 9.17) is 21.4 Å². The van der Waals surface area contributed by atoms with Gasteiger partial charge in [0, 0.05) is 0 Å². The van der Waals surface area contributed by atoms with E-state index < -0.39 is 12.1 Å². The van der Waals surface area contributed by atoms with Crippen molar-refractivity contribution in [3.8, 4) is 12.3 Å². The molecule has 1 amide bonds. The van der Waals surface area contributed by atoms with Crippen LogP contribution in [0.5, 0.6) is 0 Å². The summed E-state index contributed by atoms with van der Waals surface area (Å²) in [7, 11) is 1.66. The van der Waals surface area contributed by atoms with Crippen molar-refractivity contribution in [1.29, 1.82) is 0 Å². The number of carboxylic acid groups (broad SMARTS) is 2. The van der Waals surface area contributed by atoms with Crippen molar-refractivity contribution in [2.75, 3.05) is 20.1 Å². The number of aliphatic carboxylic acids is 1. The second-order valence-electron chi connectivity index (χ2n) is 2.11. The van der Waals surface area contributed by atoms with Gasteiger partial charge in [0.25, 0.3) is 0 Å². The maximum atomic E-state index is 9.97. The van der Waals surface area contributed by atoms with Crippen molar-refractivity contribution in [1.82, 2.24) is 4.90 Å². The topological polar surface area (TPSA) is 104 Å². The number of hydrogen-bond donors (Lipinski definition) is 3. The summed E-state index contributed by atoms with van der Waals surface area (Å²) in [6.45, 7) is 0.385.